The maximum atomic E-state index is 12.7. The van der Waals surface area contributed by atoms with Crippen LogP contribution < -0.4 is 0 Å². The Labute approximate surface area is 96.0 Å². The van der Waals surface area contributed by atoms with E-state index in [4.69, 9.17) is 0 Å². The summed E-state index contributed by atoms with van der Waals surface area (Å²) >= 11 is 0. The second-order valence-electron chi connectivity index (χ2n) is 4.22. The highest BCUT2D eigenvalue weighted by Crippen LogP contribution is 2.14. The van der Waals surface area contributed by atoms with E-state index in [2.05, 4.69) is 6.58 Å². The van der Waals surface area contributed by atoms with Gasteiger partial charge in [0.25, 0.3) is 0 Å². The number of aliphatic hydroxyl groups excluding tert-OH is 1. The minimum absolute atomic E-state index is 0.286. The van der Waals surface area contributed by atoms with Crippen LogP contribution in [0.25, 0.3) is 0 Å². The molecule has 0 saturated heterocycles. The van der Waals surface area contributed by atoms with Gasteiger partial charge in [-0.2, -0.15) is 0 Å². The molecule has 1 rings (SSSR count). The zero-order valence-corrected chi connectivity index (χ0v) is 9.78. The molecule has 0 aliphatic heterocycles. The standard InChI is InChI=1S/C13H18FNO/c1-10(2)8-15(3)9-13(16)11-4-6-12(14)7-5-11/h4-7,13,16H,1,8-9H2,2-3H3. The van der Waals surface area contributed by atoms with Crippen molar-refractivity contribution in [2.24, 2.45) is 0 Å². The molecule has 3 heteroatoms. The molecule has 0 saturated carbocycles. The van der Waals surface area contributed by atoms with Crippen LogP contribution in [-0.2, 0) is 0 Å². The molecule has 0 amide bonds. The quantitative estimate of drug-likeness (QED) is 0.775. The van der Waals surface area contributed by atoms with Crippen LogP contribution in [0.3, 0.4) is 0 Å². The Balaban J connectivity index is 2.54. The fourth-order valence-electron chi connectivity index (χ4n) is 1.61. The van der Waals surface area contributed by atoms with E-state index in [0.717, 1.165) is 17.7 Å². The molecule has 0 aromatic heterocycles. The Kier molecular flexibility index (Phi) is 4.65. The molecular weight excluding hydrogens is 205 g/mol. The first-order valence-corrected chi connectivity index (χ1v) is 5.25. The van der Waals surface area contributed by atoms with Gasteiger partial charge < -0.3 is 5.11 Å². The van der Waals surface area contributed by atoms with Gasteiger partial charge in [-0.15, -0.1) is 0 Å². The van der Waals surface area contributed by atoms with E-state index in [9.17, 15) is 9.50 Å². The highest BCUT2D eigenvalue weighted by atomic mass is 19.1. The van der Waals surface area contributed by atoms with E-state index in [-0.39, 0.29) is 5.82 Å². The van der Waals surface area contributed by atoms with Gasteiger partial charge in [-0.25, -0.2) is 4.39 Å². The van der Waals surface area contributed by atoms with Gasteiger partial charge in [0.05, 0.1) is 6.10 Å². The Morgan fingerprint density at radius 1 is 1.44 bits per heavy atom. The summed E-state index contributed by atoms with van der Waals surface area (Å²) < 4.78 is 12.7. The lowest BCUT2D eigenvalue weighted by Crippen LogP contribution is -2.26. The van der Waals surface area contributed by atoms with Crippen molar-refractivity contribution in [2.45, 2.75) is 13.0 Å². The largest absolute Gasteiger partial charge is 0.387 e. The second-order valence-corrected chi connectivity index (χ2v) is 4.22. The third-order valence-electron chi connectivity index (χ3n) is 2.28. The molecule has 16 heavy (non-hydrogen) atoms. The van der Waals surface area contributed by atoms with Crippen molar-refractivity contribution in [1.29, 1.82) is 0 Å². The number of nitrogens with zero attached hydrogens (tertiary/aromatic N) is 1. The van der Waals surface area contributed by atoms with Crippen LogP contribution in [-0.4, -0.2) is 30.1 Å². The Hall–Kier alpha value is -1.19. The van der Waals surface area contributed by atoms with E-state index in [1.807, 2.05) is 18.9 Å². The molecular formula is C13H18FNO. The first-order chi connectivity index (χ1) is 7.49. The van der Waals surface area contributed by atoms with E-state index in [1.165, 1.54) is 12.1 Å². The normalized spacial score (nSPS) is 12.8. The monoisotopic (exact) mass is 223 g/mol. The first-order valence-electron chi connectivity index (χ1n) is 5.25. The van der Waals surface area contributed by atoms with Crippen molar-refractivity contribution in [3.8, 4) is 0 Å². The predicted octanol–water partition coefficient (Wildman–Crippen LogP) is 2.37. The van der Waals surface area contributed by atoms with E-state index in [1.54, 1.807) is 12.1 Å². The summed E-state index contributed by atoms with van der Waals surface area (Å²) in [4.78, 5) is 1.98. The van der Waals surface area contributed by atoms with Gasteiger partial charge >= 0.3 is 0 Å². The number of halogens is 1. The van der Waals surface area contributed by atoms with Crippen molar-refractivity contribution in [1.82, 2.24) is 4.90 Å². The molecule has 1 aromatic carbocycles. The van der Waals surface area contributed by atoms with Crippen LogP contribution in [0, 0.1) is 5.82 Å². The van der Waals surface area contributed by atoms with Crippen LogP contribution in [0.2, 0.25) is 0 Å². The van der Waals surface area contributed by atoms with Gasteiger partial charge in [-0.1, -0.05) is 24.3 Å². The molecule has 2 nitrogen and oxygen atoms in total. The maximum Gasteiger partial charge on any atom is 0.123 e. The van der Waals surface area contributed by atoms with Crippen LogP contribution in [0.15, 0.2) is 36.4 Å². The maximum absolute atomic E-state index is 12.7. The molecule has 0 spiro atoms. The highest BCUT2D eigenvalue weighted by molar-refractivity contribution is 5.18. The SMILES string of the molecule is C=C(C)CN(C)CC(O)c1ccc(F)cc1. The van der Waals surface area contributed by atoms with E-state index >= 15 is 0 Å². The van der Waals surface area contributed by atoms with Crippen molar-refractivity contribution < 1.29 is 9.50 Å². The first kappa shape index (κ1) is 12.9. The lowest BCUT2D eigenvalue weighted by Gasteiger charge is -2.20. The molecule has 0 bridgehead atoms. The molecule has 0 heterocycles. The van der Waals surface area contributed by atoms with Crippen molar-refractivity contribution in [2.75, 3.05) is 20.1 Å². The molecule has 1 N–H and O–H groups in total. The van der Waals surface area contributed by atoms with Gasteiger partial charge in [0.15, 0.2) is 0 Å². The molecule has 0 aliphatic carbocycles. The zero-order valence-electron chi connectivity index (χ0n) is 9.78. The average molecular weight is 223 g/mol. The number of hydrogen-bond donors (Lipinski definition) is 1. The van der Waals surface area contributed by atoms with Crippen molar-refractivity contribution in [3.05, 3.63) is 47.8 Å². The number of benzene rings is 1. The molecule has 88 valence electrons. The minimum atomic E-state index is -0.593. The molecule has 1 unspecified atom stereocenters. The predicted molar refractivity (Wildman–Crippen MR) is 63.7 cm³/mol. The average Bonchev–Trinajstić information content (AvgIpc) is 2.16. The van der Waals surface area contributed by atoms with E-state index < -0.39 is 6.10 Å². The Bertz CT molecular complexity index is 347. The molecule has 0 radical (unpaired) electrons. The number of hydrogen-bond acceptors (Lipinski definition) is 2. The number of likely N-dealkylation sites (N-methyl/N-ethyl adjacent to an activating group) is 1. The summed E-state index contributed by atoms with van der Waals surface area (Å²) in [6.45, 7) is 7.02. The van der Waals surface area contributed by atoms with Gasteiger partial charge in [0, 0.05) is 13.1 Å². The summed E-state index contributed by atoms with van der Waals surface area (Å²) in [6, 6.07) is 5.93. The van der Waals surface area contributed by atoms with Gasteiger partial charge in [0.2, 0.25) is 0 Å². The Morgan fingerprint density at radius 3 is 2.50 bits per heavy atom. The number of rotatable bonds is 5. The van der Waals surface area contributed by atoms with Crippen LogP contribution in [0.1, 0.15) is 18.6 Å². The summed E-state index contributed by atoms with van der Waals surface area (Å²) in [7, 11) is 1.92. The topological polar surface area (TPSA) is 23.5 Å². The van der Waals surface area contributed by atoms with Crippen LogP contribution in [0.5, 0.6) is 0 Å². The van der Waals surface area contributed by atoms with Crippen molar-refractivity contribution >= 4 is 0 Å². The van der Waals surface area contributed by atoms with Gasteiger partial charge in [-0.05, 0) is 31.7 Å². The summed E-state index contributed by atoms with van der Waals surface area (Å²) in [5.74, 6) is -0.286. The fourth-order valence-corrected chi connectivity index (χ4v) is 1.61. The minimum Gasteiger partial charge on any atom is -0.387 e. The van der Waals surface area contributed by atoms with Crippen LogP contribution >= 0.6 is 0 Å². The lowest BCUT2D eigenvalue weighted by molar-refractivity contribution is 0.131. The summed E-state index contributed by atoms with van der Waals surface area (Å²) in [5.41, 5.74) is 1.78. The fraction of sp³-hybridized carbons (Fsp3) is 0.385. The Morgan fingerprint density at radius 2 is 2.00 bits per heavy atom. The second kappa shape index (κ2) is 5.77. The molecule has 1 aromatic rings. The molecule has 0 aliphatic rings. The lowest BCUT2D eigenvalue weighted by atomic mass is 10.1. The number of aliphatic hydroxyl groups is 1. The van der Waals surface area contributed by atoms with Gasteiger partial charge in [-0.3, -0.25) is 4.90 Å². The highest BCUT2D eigenvalue weighted by Gasteiger charge is 2.10. The summed E-state index contributed by atoms with van der Waals surface area (Å²) in [5, 5.41) is 9.90. The van der Waals surface area contributed by atoms with Gasteiger partial charge in [0.1, 0.15) is 5.82 Å². The summed E-state index contributed by atoms with van der Waals surface area (Å²) in [6.07, 6.45) is -0.593. The smallest absolute Gasteiger partial charge is 0.123 e. The third kappa shape index (κ3) is 4.13. The molecule has 0 fully saturated rings. The molecule has 1 atom stereocenters. The van der Waals surface area contributed by atoms with E-state index in [0.29, 0.717) is 6.54 Å². The zero-order chi connectivity index (χ0) is 12.1. The van der Waals surface area contributed by atoms with Crippen LogP contribution in [0.4, 0.5) is 4.39 Å². The van der Waals surface area contributed by atoms with Crippen molar-refractivity contribution in [3.63, 3.8) is 0 Å². The third-order valence-corrected chi connectivity index (χ3v) is 2.28.